The lowest BCUT2D eigenvalue weighted by atomic mass is 9.93. The van der Waals surface area contributed by atoms with E-state index in [0.29, 0.717) is 22.5 Å². The van der Waals surface area contributed by atoms with E-state index >= 15 is 0 Å². The van der Waals surface area contributed by atoms with E-state index in [2.05, 4.69) is 27.7 Å². The van der Waals surface area contributed by atoms with E-state index < -0.39 is 11.8 Å². The number of carbonyl (C=O) groups is 2. The second-order valence-electron chi connectivity index (χ2n) is 7.90. The van der Waals surface area contributed by atoms with E-state index in [-0.39, 0.29) is 0 Å². The van der Waals surface area contributed by atoms with Crippen LogP contribution in [-0.2, 0) is 11.3 Å². The number of likely N-dealkylation sites (tertiary alicyclic amines) is 1. The number of benzene rings is 2. The largest absolute Gasteiger partial charge is 0.464 e. The Labute approximate surface area is 180 Å². The summed E-state index contributed by atoms with van der Waals surface area (Å²) in [5.41, 5.74) is 4.41. The molecule has 1 saturated heterocycles. The van der Waals surface area contributed by atoms with E-state index in [4.69, 9.17) is 4.42 Å². The normalized spacial score (nSPS) is 17.6. The van der Waals surface area contributed by atoms with Gasteiger partial charge in [0.25, 0.3) is 11.8 Å². The molecule has 6 nitrogen and oxygen atoms in total. The maximum absolute atomic E-state index is 12.6. The molecule has 6 heteroatoms. The van der Waals surface area contributed by atoms with Crippen molar-refractivity contribution in [3.05, 3.63) is 83.8 Å². The van der Waals surface area contributed by atoms with Gasteiger partial charge in [-0.15, -0.1) is 0 Å². The summed E-state index contributed by atoms with van der Waals surface area (Å²) >= 11 is 0. The van der Waals surface area contributed by atoms with Crippen LogP contribution in [0.1, 0.15) is 34.3 Å². The maximum atomic E-state index is 12.6. The van der Waals surface area contributed by atoms with Crippen molar-refractivity contribution in [1.29, 1.82) is 0 Å². The molecule has 31 heavy (non-hydrogen) atoms. The molecule has 2 aliphatic rings. The molecule has 0 aliphatic carbocycles. The smallest absolute Gasteiger partial charge is 0.260 e. The first-order valence-corrected chi connectivity index (χ1v) is 10.5. The molecule has 2 aliphatic heterocycles. The highest BCUT2D eigenvalue weighted by molar-refractivity contribution is 6.31. The third-order valence-corrected chi connectivity index (χ3v) is 5.77. The van der Waals surface area contributed by atoms with Crippen molar-refractivity contribution in [1.82, 2.24) is 10.2 Å². The van der Waals surface area contributed by atoms with Gasteiger partial charge in [-0.2, -0.15) is 0 Å². The molecule has 2 N–H and O–H groups in total. The summed E-state index contributed by atoms with van der Waals surface area (Å²) in [4.78, 5) is 27.3. The van der Waals surface area contributed by atoms with Gasteiger partial charge in [-0.1, -0.05) is 18.2 Å². The number of hydrogen-bond acceptors (Lipinski definition) is 5. The van der Waals surface area contributed by atoms with E-state index in [1.54, 1.807) is 24.6 Å². The first-order chi connectivity index (χ1) is 15.2. The van der Waals surface area contributed by atoms with Crippen LogP contribution in [0.5, 0.6) is 0 Å². The second-order valence-corrected chi connectivity index (χ2v) is 7.90. The van der Waals surface area contributed by atoms with Gasteiger partial charge in [0, 0.05) is 35.1 Å². The fourth-order valence-electron chi connectivity index (χ4n) is 4.13. The highest BCUT2D eigenvalue weighted by atomic mass is 16.3. The van der Waals surface area contributed by atoms with Gasteiger partial charge in [0.2, 0.25) is 0 Å². The summed E-state index contributed by atoms with van der Waals surface area (Å²) in [5, 5.41) is 5.61. The Bertz CT molecular complexity index is 1140. The monoisotopic (exact) mass is 413 g/mol. The van der Waals surface area contributed by atoms with Gasteiger partial charge in [-0.25, -0.2) is 0 Å². The van der Waals surface area contributed by atoms with Gasteiger partial charge in [0.1, 0.15) is 5.76 Å². The predicted molar refractivity (Wildman–Crippen MR) is 119 cm³/mol. The zero-order valence-corrected chi connectivity index (χ0v) is 17.1. The van der Waals surface area contributed by atoms with Gasteiger partial charge in [0.15, 0.2) is 0 Å². The summed E-state index contributed by atoms with van der Waals surface area (Å²) < 4.78 is 5.46. The van der Waals surface area contributed by atoms with Crippen LogP contribution in [0.3, 0.4) is 0 Å². The lowest BCUT2D eigenvalue weighted by Crippen LogP contribution is -2.36. The molecular formula is C25H23N3O3. The minimum Gasteiger partial charge on any atom is -0.464 e. The van der Waals surface area contributed by atoms with Gasteiger partial charge >= 0.3 is 0 Å². The van der Waals surface area contributed by atoms with Crippen LogP contribution in [0.4, 0.5) is 5.69 Å². The Balaban J connectivity index is 1.39. The van der Waals surface area contributed by atoms with Crippen LogP contribution >= 0.6 is 0 Å². The number of rotatable bonds is 5. The van der Waals surface area contributed by atoms with Crippen molar-refractivity contribution >= 4 is 23.1 Å². The molecule has 3 aromatic rings. The highest BCUT2D eigenvalue weighted by Crippen LogP contribution is 2.30. The van der Waals surface area contributed by atoms with E-state index in [1.807, 2.05) is 30.3 Å². The molecule has 1 aromatic heterocycles. The molecule has 0 radical (unpaired) electrons. The van der Waals surface area contributed by atoms with Gasteiger partial charge in [-0.3, -0.25) is 19.8 Å². The second kappa shape index (κ2) is 8.24. The number of fused-ring (bicyclic) bond motifs is 1. The van der Waals surface area contributed by atoms with E-state index in [1.165, 1.54) is 31.5 Å². The van der Waals surface area contributed by atoms with Crippen molar-refractivity contribution in [2.24, 2.45) is 0 Å². The van der Waals surface area contributed by atoms with Crippen LogP contribution in [-0.4, -0.2) is 29.8 Å². The molecule has 5 rings (SSSR count). The SMILES string of the molecule is O=C1NC(=O)c2ccc(-c3ccco3)cc2/C1=C/Nc1ccc(CN2CCCC2)cc1. The summed E-state index contributed by atoms with van der Waals surface area (Å²) in [6.07, 6.45) is 5.81. The molecular weight excluding hydrogens is 390 g/mol. The zero-order chi connectivity index (χ0) is 21.2. The molecule has 1 fully saturated rings. The Morgan fingerprint density at radius 1 is 0.968 bits per heavy atom. The number of nitrogens with one attached hydrogen (secondary N) is 2. The molecule has 3 heterocycles. The predicted octanol–water partition coefficient (Wildman–Crippen LogP) is 4.27. The third kappa shape index (κ3) is 4.02. The molecule has 156 valence electrons. The lowest BCUT2D eigenvalue weighted by molar-refractivity contribution is -0.114. The Morgan fingerprint density at radius 3 is 2.52 bits per heavy atom. The van der Waals surface area contributed by atoms with Crippen LogP contribution in [0, 0.1) is 0 Å². The Kier molecular flexibility index (Phi) is 5.14. The quantitative estimate of drug-likeness (QED) is 0.483. The number of furan rings is 1. The maximum Gasteiger partial charge on any atom is 0.260 e. The molecule has 0 saturated carbocycles. The molecule has 2 aromatic carbocycles. The number of anilines is 1. The van der Waals surface area contributed by atoms with Crippen LogP contribution < -0.4 is 10.6 Å². The summed E-state index contributed by atoms with van der Waals surface area (Å²) in [6.45, 7) is 3.30. The van der Waals surface area contributed by atoms with E-state index in [9.17, 15) is 9.59 Å². The first kappa shape index (κ1) is 19.3. The fraction of sp³-hybridized carbons (Fsp3) is 0.200. The van der Waals surface area contributed by atoms with Gasteiger partial charge < -0.3 is 9.73 Å². The average Bonchev–Trinajstić information content (AvgIpc) is 3.49. The number of imide groups is 1. The van der Waals surface area contributed by atoms with Crippen molar-refractivity contribution in [2.45, 2.75) is 19.4 Å². The minimum atomic E-state index is -0.424. The molecule has 2 amide bonds. The van der Waals surface area contributed by atoms with Crippen molar-refractivity contribution in [2.75, 3.05) is 18.4 Å². The van der Waals surface area contributed by atoms with Crippen LogP contribution in [0.2, 0.25) is 0 Å². The topological polar surface area (TPSA) is 74.6 Å². The highest BCUT2D eigenvalue weighted by Gasteiger charge is 2.27. The van der Waals surface area contributed by atoms with Gasteiger partial charge in [0.05, 0.1) is 11.8 Å². The summed E-state index contributed by atoms with van der Waals surface area (Å²) in [5.74, 6) is -0.135. The zero-order valence-electron chi connectivity index (χ0n) is 17.1. The average molecular weight is 413 g/mol. The number of carbonyl (C=O) groups excluding carboxylic acids is 2. The fourth-order valence-corrected chi connectivity index (χ4v) is 4.13. The van der Waals surface area contributed by atoms with E-state index in [0.717, 1.165) is 17.8 Å². The minimum absolute atomic E-state index is 0.394. The Morgan fingerprint density at radius 2 is 1.77 bits per heavy atom. The van der Waals surface area contributed by atoms with Crippen molar-refractivity contribution in [3.8, 4) is 11.3 Å². The first-order valence-electron chi connectivity index (χ1n) is 10.5. The lowest BCUT2D eigenvalue weighted by Gasteiger charge is -2.19. The number of hydrogen-bond donors (Lipinski definition) is 2. The Hall–Kier alpha value is -3.64. The molecule has 0 bridgehead atoms. The molecule has 0 atom stereocenters. The third-order valence-electron chi connectivity index (χ3n) is 5.77. The van der Waals surface area contributed by atoms with Crippen molar-refractivity contribution < 1.29 is 14.0 Å². The summed E-state index contributed by atoms with van der Waals surface area (Å²) in [7, 11) is 0. The van der Waals surface area contributed by atoms with Crippen LogP contribution in [0.25, 0.3) is 16.9 Å². The van der Waals surface area contributed by atoms with Crippen LogP contribution in [0.15, 0.2) is 71.5 Å². The summed E-state index contributed by atoms with van der Waals surface area (Å²) in [6, 6.07) is 17.2. The number of nitrogens with zero attached hydrogens (tertiary/aromatic N) is 1. The number of amides is 2. The standard InChI is InChI=1S/C25H23N3O3/c29-24-20-10-7-18(23-4-3-13-31-23)14-21(20)22(25(30)27-24)15-26-19-8-5-17(6-9-19)16-28-11-1-2-12-28/h3-10,13-15,26H,1-2,11-12,16H2,(H,27,29,30)/b22-15-. The molecule has 0 unspecified atom stereocenters. The van der Waals surface area contributed by atoms with Gasteiger partial charge in [-0.05, 0) is 67.9 Å². The molecule has 0 spiro atoms. The van der Waals surface area contributed by atoms with Crippen molar-refractivity contribution in [3.63, 3.8) is 0 Å².